The Bertz CT molecular complexity index is 731. The topological polar surface area (TPSA) is 75.7 Å². The first-order valence-corrected chi connectivity index (χ1v) is 7.86. The van der Waals surface area contributed by atoms with Gasteiger partial charge in [-0.3, -0.25) is 9.59 Å². The summed E-state index contributed by atoms with van der Waals surface area (Å²) in [6.45, 7) is 0.736. The third-order valence-corrected chi connectivity index (χ3v) is 3.59. The van der Waals surface area contributed by atoms with E-state index < -0.39 is 6.09 Å². The van der Waals surface area contributed by atoms with Gasteiger partial charge >= 0.3 is 6.09 Å². The van der Waals surface area contributed by atoms with Gasteiger partial charge in [-0.15, -0.1) is 0 Å². The summed E-state index contributed by atoms with van der Waals surface area (Å²) in [5, 5.41) is 2.59. The molecule has 0 heterocycles. The van der Waals surface area contributed by atoms with Crippen LogP contribution in [0.25, 0.3) is 0 Å². The average Bonchev–Trinajstić information content (AvgIpc) is 2.66. The number of alkyl carbamates (subject to hydrolysis) is 1. The molecule has 0 spiro atoms. The van der Waals surface area contributed by atoms with Crippen LogP contribution in [0.15, 0.2) is 54.6 Å². The van der Waals surface area contributed by atoms with Gasteiger partial charge in [0.1, 0.15) is 6.61 Å². The highest BCUT2D eigenvalue weighted by Crippen LogP contribution is 2.08. The minimum absolute atomic E-state index is 0.189. The Morgan fingerprint density at radius 1 is 1.08 bits per heavy atom. The van der Waals surface area contributed by atoms with Crippen LogP contribution in [0, 0.1) is 0 Å². The maximum Gasteiger partial charge on any atom is 0.407 e. The molecule has 0 saturated heterocycles. The molecule has 0 aliphatic heterocycles. The fraction of sp³-hybridized carbons (Fsp3) is 0.211. The number of benzene rings is 2. The van der Waals surface area contributed by atoms with Crippen molar-refractivity contribution in [1.82, 2.24) is 10.2 Å². The minimum atomic E-state index is -0.544. The van der Waals surface area contributed by atoms with Crippen molar-refractivity contribution in [3.63, 3.8) is 0 Å². The molecule has 0 aliphatic carbocycles. The summed E-state index contributed by atoms with van der Waals surface area (Å²) in [5.41, 5.74) is 1.58. The van der Waals surface area contributed by atoms with E-state index in [4.69, 9.17) is 4.74 Å². The van der Waals surface area contributed by atoms with E-state index in [0.717, 1.165) is 5.56 Å². The van der Waals surface area contributed by atoms with Crippen molar-refractivity contribution in [3.8, 4) is 0 Å². The number of carbonyl (C=O) groups is 3. The van der Waals surface area contributed by atoms with Gasteiger partial charge in [-0.2, -0.15) is 0 Å². The lowest BCUT2D eigenvalue weighted by Crippen LogP contribution is -2.36. The molecule has 0 saturated carbocycles. The Morgan fingerprint density at radius 2 is 1.76 bits per heavy atom. The van der Waals surface area contributed by atoms with E-state index in [0.29, 0.717) is 24.0 Å². The van der Waals surface area contributed by atoms with Crippen LogP contribution in [0.1, 0.15) is 26.3 Å². The Labute approximate surface area is 146 Å². The Morgan fingerprint density at radius 3 is 2.48 bits per heavy atom. The molecule has 0 unspecified atom stereocenters. The molecule has 0 atom stereocenters. The second kappa shape index (κ2) is 9.22. The summed E-state index contributed by atoms with van der Waals surface area (Å²) in [6, 6.07) is 16.0. The van der Waals surface area contributed by atoms with Crippen molar-refractivity contribution in [2.45, 2.75) is 6.61 Å². The van der Waals surface area contributed by atoms with Gasteiger partial charge in [0, 0.05) is 25.7 Å². The highest BCUT2D eigenvalue weighted by atomic mass is 16.5. The van der Waals surface area contributed by atoms with Gasteiger partial charge in [0.25, 0.3) is 5.91 Å². The molecular formula is C19H20N2O4. The van der Waals surface area contributed by atoms with Crippen molar-refractivity contribution >= 4 is 18.3 Å². The number of amides is 2. The molecule has 2 aromatic rings. The van der Waals surface area contributed by atoms with Gasteiger partial charge in [0.2, 0.25) is 0 Å². The molecule has 130 valence electrons. The summed E-state index contributed by atoms with van der Waals surface area (Å²) in [5.74, 6) is -0.276. The predicted octanol–water partition coefficient (Wildman–Crippen LogP) is 2.50. The number of nitrogens with zero attached hydrogens (tertiary/aromatic N) is 1. The zero-order valence-corrected chi connectivity index (χ0v) is 14.0. The van der Waals surface area contributed by atoms with Crippen LogP contribution >= 0.6 is 0 Å². The second-order valence-corrected chi connectivity index (χ2v) is 5.42. The lowest BCUT2D eigenvalue weighted by molar-refractivity contribution is 0.0789. The predicted molar refractivity (Wildman–Crippen MR) is 93.4 cm³/mol. The normalized spacial score (nSPS) is 9.96. The van der Waals surface area contributed by atoms with Crippen LogP contribution in [0.2, 0.25) is 0 Å². The number of hydrogen-bond donors (Lipinski definition) is 1. The van der Waals surface area contributed by atoms with E-state index in [1.165, 1.54) is 4.90 Å². The van der Waals surface area contributed by atoms with Gasteiger partial charge in [0.15, 0.2) is 6.29 Å². The lowest BCUT2D eigenvalue weighted by atomic mass is 10.1. The molecule has 0 aromatic heterocycles. The van der Waals surface area contributed by atoms with Gasteiger partial charge in [0.05, 0.1) is 5.56 Å². The highest BCUT2D eigenvalue weighted by molar-refractivity contribution is 6.01. The lowest BCUT2D eigenvalue weighted by Gasteiger charge is -2.18. The van der Waals surface area contributed by atoms with Crippen LogP contribution in [-0.4, -0.2) is 43.3 Å². The number of likely N-dealkylation sites (N-methyl/N-ethyl adjacent to an activating group) is 1. The SMILES string of the molecule is CN(CCNC(=O)OCc1ccccc1)C(=O)c1ccccc1C=O. The Hall–Kier alpha value is -3.15. The third-order valence-electron chi connectivity index (χ3n) is 3.59. The van der Waals surface area contributed by atoms with E-state index in [2.05, 4.69) is 5.32 Å². The van der Waals surface area contributed by atoms with Crippen LogP contribution in [0.3, 0.4) is 0 Å². The van der Waals surface area contributed by atoms with Gasteiger partial charge in [-0.25, -0.2) is 4.79 Å². The molecular weight excluding hydrogens is 320 g/mol. The van der Waals surface area contributed by atoms with Crippen molar-refractivity contribution < 1.29 is 19.1 Å². The van der Waals surface area contributed by atoms with E-state index in [1.54, 1.807) is 31.3 Å². The zero-order valence-electron chi connectivity index (χ0n) is 14.0. The molecule has 6 nitrogen and oxygen atoms in total. The number of carbonyl (C=O) groups excluding carboxylic acids is 3. The molecule has 0 bridgehead atoms. The maximum atomic E-state index is 12.3. The number of nitrogens with one attached hydrogen (secondary N) is 1. The first-order valence-electron chi connectivity index (χ1n) is 7.86. The number of aldehydes is 1. The number of rotatable bonds is 7. The van der Waals surface area contributed by atoms with Crippen LogP contribution in [0.5, 0.6) is 0 Å². The van der Waals surface area contributed by atoms with E-state index >= 15 is 0 Å². The Kier molecular flexibility index (Phi) is 6.71. The molecule has 6 heteroatoms. The van der Waals surface area contributed by atoms with Gasteiger partial charge in [-0.1, -0.05) is 48.5 Å². The van der Waals surface area contributed by atoms with Crippen LogP contribution < -0.4 is 5.32 Å². The molecule has 0 aliphatic rings. The summed E-state index contributed by atoms with van der Waals surface area (Å²) >= 11 is 0. The molecule has 0 radical (unpaired) electrons. The summed E-state index contributed by atoms with van der Waals surface area (Å²) < 4.78 is 5.09. The molecule has 2 rings (SSSR count). The van der Waals surface area contributed by atoms with Crippen molar-refractivity contribution in [3.05, 3.63) is 71.3 Å². The maximum absolute atomic E-state index is 12.3. The molecule has 0 fully saturated rings. The van der Waals surface area contributed by atoms with Gasteiger partial charge in [-0.05, 0) is 11.6 Å². The van der Waals surface area contributed by atoms with Gasteiger partial charge < -0.3 is 15.0 Å². The highest BCUT2D eigenvalue weighted by Gasteiger charge is 2.15. The molecule has 1 N–H and O–H groups in total. The first kappa shape index (κ1) is 18.2. The molecule has 25 heavy (non-hydrogen) atoms. The van der Waals surface area contributed by atoms with Crippen molar-refractivity contribution in [2.75, 3.05) is 20.1 Å². The molecule has 2 amide bonds. The first-order chi connectivity index (χ1) is 12.1. The van der Waals surface area contributed by atoms with E-state index in [9.17, 15) is 14.4 Å². The quantitative estimate of drug-likeness (QED) is 0.786. The number of hydrogen-bond acceptors (Lipinski definition) is 4. The monoisotopic (exact) mass is 340 g/mol. The fourth-order valence-electron chi connectivity index (χ4n) is 2.20. The largest absolute Gasteiger partial charge is 0.445 e. The smallest absolute Gasteiger partial charge is 0.407 e. The standard InChI is InChI=1S/C19H20N2O4/c1-21(18(23)17-10-6-5-9-16(17)13-22)12-11-20-19(24)25-14-15-7-3-2-4-8-15/h2-10,13H,11-12,14H2,1H3,(H,20,24). The second-order valence-electron chi connectivity index (χ2n) is 5.42. The number of ether oxygens (including phenoxy) is 1. The Balaban J connectivity index is 1.76. The van der Waals surface area contributed by atoms with Crippen LogP contribution in [-0.2, 0) is 11.3 Å². The zero-order chi connectivity index (χ0) is 18.1. The fourth-order valence-corrected chi connectivity index (χ4v) is 2.20. The third kappa shape index (κ3) is 5.46. The van der Waals surface area contributed by atoms with E-state index in [1.807, 2.05) is 30.3 Å². The van der Waals surface area contributed by atoms with Crippen molar-refractivity contribution in [1.29, 1.82) is 0 Å². The van der Waals surface area contributed by atoms with E-state index in [-0.39, 0.29) is 19.1 Å². The minimum Gasteiger partial charge on any atom is -0.445 e. The average molecular weight is 340 g/mol. The summed E-state index contributed by atoms with van der Waals surface area (Å²) in [4.78, 5) is 36.4. The van der Waals surface area contributed by atoms with Crippen molar-refractivity contribution in [2.24, 2.45) is 0 Å². The summed E-state index contributed by atoms with van der Waals surface area (Å²) in [6.07, 6.45) is 0.110. The summed E-state index contributed by atoms with van der Waals surface area (Å²) in [7, 11) is 1.61. The van der Waals surface area contributed by atoms with Crippen LogP contribution in [0.4, 0.5) is 4.79 Å². The molecule has 2 aromatic carbocycles.